The molecule has 0 bridgehead atoms. The number of hydrogen-bond donors (Lipinski definition) is 2. The standard InChI is InChI=1S/C11H12N2O2S/c1-6-9(7(2)14)10(13-11(15)12-6)8-3-4-16-5-8/h3-5,10H,1-2H3,(H2,12,13,15). The molecule has 1 unspecified atom stereocenters. The minimum absolute atomic E-state index is 0.0267. The summed E-state index contributed by atoms with van der Waals surface area (Å²) in [5.74, 6) is -0.0267. The third-order valence-corrected chi connectivity index (χ3v) is 3.23. The average molecular weight is 236 g/mol. The summed E-state index contributed by atoms with van der Waals surface area (Å²) < 4.78 is 0. The summed E-state index contributed by atoms with van der Waals surface area (Å²) in [6.45, 7) is 3.26. The van der Waals surface area contributed by atoms with Crippen LogP contribution in [0, 0.1) is 0 Å². The van der Waals surface area contributed by atoms with Crippen molar-refractivity contribution in [1.82, 2.24) is 10.6 Å². The number of rotatable bonds is 2. The second-order valence-corrected chi connectivity index (χ2v) is 4.46. The van der Waals surface area contributed by atoms with Crippen LogP contribution in [0.15, 0.2) is 28.1 Å². The predicted octanol–water partition coefficient (Wildman–Crippen LogP) is 1.96. The highest BCUT2D eigenvalue weighted by Crippen LogP contribution is 2.28. The summed E-state index contributed by atoms with van der Waals surface area (Å²) in [6, 6.07) is 1.33. The Balaban J connectivity index is 2.46. The lowest BCUT2D eigenvalue weighted by Gasteiger charge is -2.27. The molecular formula is C11H12N2O2S. The number of thiophene rings is 1. The van der Waals surface area contributed by atoms with Gasteiger partial charge in [0.25, 0.3) is 0 Å². The zero-order valence-electron chi connectivity index (χ0n) is 9.03. The van der Waals surface area contributed by atoms with E-state index in [0.717, 1.165) is 5.56 Å². The number of allylic oxidation sites excluding steroid dienone is 1. The number of amides is 2. The fraction of sp³-hybridized carbons (Fsp3) is 0.273. The molecule has 1 aromatic heterocycles. The number of carbonyl (C=O) groups excluding carboxylic acids is 2. The topological polar surface area (TPSA) is 58.2 Å². The molecule has 1 aliphatic heterocycles. The molecule has 1 aromatic rings. The maximum Gasteiger partial charge on any atom is 0.319 e. The molecular weight excluding hydrogens is 224 g/mol. The normalized spacial score (nSPS) is 20.4. The summed E-state index contributed by atoms with van der Waals surface area (Å²) in [6.07, 6.45) is 0. The zero-order chi connectivity index (χ0) is 11.7. The van der Waals surface area contributed by atoms with Crippen LogP contribution in [0.2, 0.25) is 0 Å². The van der Waals surface area contributed by atoms with Gasteiger partial charge in [0.15, 0.2) is 5.78 Å². The lowest BCUT2D eigenvalue weighted by molar-refractivity contribution is -0.114. The maximum absolute atomic E-state index is 11.6. The first kappa shape index (κ1) is 10.9. The second-order valence-electron chi connectivity index (χ2n) is 3.68. The van der Waals surface area contributed by atoms with E-state index < -0.39 is 0 Å². The number of hydrogen-bond acceptors (Lipinski definition) is 3. The van der Waals surface area contributed by atoms with Crippen LogP contribution in [0.3, 0.4) is 0 Å². The van der Waals surface area contributed by atoms with Gasteiger partial charge in [0.1, 0.15) is 0 Å². The van der Waals surface area contributed by atoms with E-state index in [1.807, 2.05) is 16.8 Å². The van der Waals surface area contributed by atoms with Gasteiger partial charge in [-0.3, -0.25) is 4.79 Å². The Kier molecular flexibility index (Phi) is 2.78. The van der Waals surface area contributed by atoms with E-state index in [9.17, 15) is 9.59 Å². The molecule has 0 saturated carbocycles. The first-order chi connectivity index (χ1) is 7.59. The third kappa shape index (κ3) is 1.86. The Hall–Kier alpha value is -1.62. The van der Waals surface area contributed by atoms with Crippen molar-refractivity contribution >= 4 is 23.2 Å². The number of Topliss-reactive ketones (excluding diaryl/α,β-unsaturated/α-hetero) is 1. The molecule has 2 amide bonds. The molecule has 2 rings (SSSR count). The number of carbonyl (C=O) groups is 2. The minimum atomic E-state index is -0.322. The van der Waals surface area contributed by atoms with Crippen LogP contribution in [-0.2, 0) is 4.79 Å². The fourth-order valence-electron chi connectivity index (χ4n) is 1.85. The van der Waals surface area contributed by atoms with Gasteiger partial charge in [-0.1, -0.05) is 0 Å². The van der Waals surface area contributed by atoms with Crippen molar-refractivity contribution in [2.45, 2.75) is 19.9 Å². The van der Waals surface area contributed by atoms with Gasteiger partial charge in [-0.25, -0.2) is 4.79 Å². The molecule has 2 heterocycles. The molecule has 0 aromatic carbocycles. The Morgan fingerprint density at radius 2 is 2.25 bits per heavy atom. The van der Waals surface area contributed by atoms with Gasteiger partial charge in [-0.2, -0.15) is 11.3 Å². The van der Waals surface area contributed by atoms with Crippen LogP contribution < -0.4 is 10.6 Å². The van der Waals surface area contributed by atoms with E-state index in [0.29, 0.717) is 11.3 Å². The lowest BCUT2D eigenvalue weighted by Crippen LogP contribution is -2.44. The number of nitrogens with one attached hydrogen (secondary N) is 2. The highest BCUT2D eigenvalue weighted by molar-refractivity contribution is 7.08. The minimum Gasteiger partial charge on any atom is -0.327 e. The van der Waals surface area contributed by atoms with Crippen molar-refractivity contribution in [3.05, 3.63) is 33.7 Å². The monoisotopic (exact) mass is 236 g/mol. The Bertz CT molecular complexity index is 462. The van der Waals surface area contributed by atoms with Gasteiger partial charge in [0.2, 0.25) is 0 Å². The molecule has 1 atom stereocenters. The third-order valence-electron chi connectivity index (χ3n) is 2.52. The quantitative estimate of drug-likeness (QED) is 0.824. The van der Waals surface area contributed by atoms with E-state index in [1.165, 1.54) is 6.92 Å². The Morgan fingerprint density at radius 3 is 2.81 bits per heavy atom. The SMILES string of the molecule is CC(=O)C1=C(C)NC(=O)NC1c1ccsc1. The van der Waals surface area contributed by atoms with Crippen LogP contribution in [0.5, 0.6) is 0 Å². The highest BCUT2D eigenvalue weighted by Gasteiger charge is 2.28. The first-order valence-corrected chi connectivity index (χ1v) is 5.85. The second kappa shape index (κ2) is 4.09. The molecule has 1 aliphatic rings. The van der Waals surface area contributed by atoms with Gasteiger partial charge in [0, 0.05) is 11.3 Å². The van der Waals surface area contributed by atoms with Gasteiger partial charge in [-0.15, -0.1) is 0 Å². The first-order valence-electron chi connectivity index (χ1n) is 4.91. The molecule has 0 radical (unpaired) electrons. The molecule has 2 N–H and O–H groups in total. The summed E-state index contributed by atoms with van der Waals surface area (Å²) in [5, 5.41) is 9.24. The van der Waals surface area contributed by atoms with Crippen LogP contribution >= 0.6 is 11.3 Å². The summed E-state index contributed by atoms with van der Waals surface area (Å²) in [5.41, 5.74) is 2.20. The summed E-state index contributed by atoms with van der Waals surface area (Å²) in [7, 11) is 0. The van der Waals surface area contributed by atoms with Gasteiger partial charge < -0.3 is 10.6 Å². The molecule has 0 saturated heterocycles. The summed E-state index contributed by atoms with van der Waals surface area (Å²) in [4.78, 5) is 23.0. The molecule has 0 spiro atoms. The van der Waals surface area contributed by atoms with E-state index in [4.69, 9.17) is 0 Å². The van der Waals surface area contributed by atoms with E-state index in [-0.39, 0.29) is 17.9 Å². The van der Waals surface area contributed by atoms with E-state index >= 15 is 0 Å². The van der Waals surface area contributed by atoms with Crippen LogP contribution in [-0.4, -0.2) is 11.8 Å². The molecule has 16 heavy (non-hydrogen) atoms. The number of ketones is 1. The Labute approximate surface area is 97.4 Å². The molecule has 4 nitrogen and oxygen atoms in total. The smallest absolute Gasteiger partial charge is 0.319 e. The molecule has 0 fully saturated rings. The van der Waals surface area contributed by atoms with Gasteiger partial charge in [0.05, 0.1) is 6.04 Å². The molecule has 5 heteroatoms. The Morgan fingerprint density at radius 1 is 1.50 bits per heavy atom. The molecule has 0 aliphatic carbocycles. The van der Waals surface area contributed by atoms with E-state index in [1.54, 1.807) is 18.3 Å². The van der Waals surface area contributed by atoms with Gasteiger partial charge >= 0.3 is 6.03 Å². The van der Waals surface area contributed by atoms with Crippen molar-refractivity contribution in [2.24, 2.45) is 0 Å². The van der Waals surface area contributed by atoms with Crippen LogP contribution in [0.25, 0.3) is 0 Å². The summed E-state index contributed by atoms with van der Waals surface area (Å²) >= 11 is 1.54. The average Bonchev–Trinajstić information content (AvgIpc) is 2.67. The van der Waals surface area contributed by atoms with Crippen LogP contribution in [0.4, 0.5) is 4.79 Å². The van der Waals surface area contributed by atoms with Crippen molar-refractivity contribution in [2.75, 3.05) is 0 Å². The molecule has 84 valence electrons. The van der Waals surface area contributed by atoms with Gasteiger partial charge in [-0.05, 0) is 36.2 Å². The fourth-order valence-corrected chi connectivity index (χ4v) is 2.54. The van der Waals surface area contributed by atoms with Crippen LogP contribution in [0.1, 0.15) is 25.5 Å². The van der Waals surface area contributed by atoms with Crippen molar-refractivity contribution in [3.63, 3.8) is 0 Å². The largest absolute Gasteiger partial charge is 0.327 e. The zero-order valence-corrected chi connectivity index (χ0v) is 9.85. The maximum atomic E-state index is 11.6. The highest BCUT2D eigenvalue weighted by atomic mass is 32.1. The van der Waals surface area contributed by atoms with Crippen molar-refractivity contribution in [3.8, 4) is 0 Å². The number of urea groups is 1. The van der Waals surface area contributed by atoms with E-state index in [2.05, 4.69) is 10.6 Å². The van der Waals surface area contributed by atoms with Crippen molar-refractivity contribution in [1.29, 1.82) is 0 Å². The van der Waals surface area contributed by atoms with Crippen molar-refractivity contribution < 1.29 is 9.59 Å². The predicted molar refractivity (Wildman–Crippen MR) is 62.1 cm³/mol. The lowest BCUT2D eigenvalue weighted by atomic mass is 9.95.